The number of furan rings is 1. The molecule has 2 heterocycles. The van der Waals surface area contributed by atoms with Crippen LogP contribution in [0.1, 0.15) is 39.6 Å². The van der Waals surface area contributed by atoms with Gasteiger partial charge in [-0.05, 0) is 13.0 Å². The number of hydrogen-bond donors (Lipinski definition) is 1. The van der Waals surface area contributed by atoms with Gasteiger partial charge in [-0.15, -0.1) is 0 Å². The van der Waals surface area contributed by atoms with Crippen molar-refractivity contribution in [1.29, 1.82) is 0 Å². The predicted molar refractivity (Wildman–Crippen MR) is 74.1 cm³/mol. The molecule has 0 fully saturated rings. The summed E-state index contributed by atoms with van der Waals surface area (Å²) in [4.78, 5) is 27.7. The average molecular weight is 294 g/mol. The average Bonchev–Trinajstić information content (AvgIpc) is 3.06. The zero-order valence-electron chi connectivity index (χ0n) is 11.1. The minimum absolute atomic E-state index is 0.0686. The molecule has 0 spiro atoms. The van der Waals surface area contributed by atoms with Gasteiger partial charge in [-0.25, -0.2) is 9.78 Å². The molecule has 7 heteroatoms. The van der Waals surface area contributed by atoms with E-state index in [-0.39, 0.29) is 18.1 Å². The molecule has 2 aromatic rings. The third-order valence-electron chi connectivity index (χ3n) is 2.44. The van der Waals surface area contributed by atoms with Gasteiger partial charge >= 0.3 is 5.97 Å². The van der Waals surface area contributed by atoms with Gasteiger partial charge in [0.1, 0.15) is 4.88 Å². The van der Waals surface area contributed by atoms with Crippen LogP contribution in [0.25, 0.3) is 0 Å². The van der Waals surface area contributed by atoms with E-state index in [4.69, 9.17) is 9.15 Å². The number of Topliss-reactive ketones (excluding diaryl/α,β-unsaturated/α-hetero) is 1. The molecule has 0 bridgehead atoms. The van der Waals surface area contributed by atoms with Crippen LogP contribution in [0, 0.1) is 0 Å². The predicted octanol–water partition coefficient (Wildman–Crippen LogP) is 2.73. The van der Waals surface area contributed by atoms with Crippen molar-refractivity contribution in [1.82, 2.24) is 4.98 Å². The third-order valence-corrected chi connectivity index (χ3v) is 3.55. The monoisotopic (exact) mass is 294 g/mol. The van der Waals surface area contributed by atoms with Crippen molar-refractivity contribution in [2.45, 2.75) is 20.4 Å². The van der Waals surface area contributed by atoms with Gasteiger partial charge in [-0.3, -0.25) is 4.79 Å². The van der Waals surface area contributed by atoms with Crippen LogP contribution in [-0.4, -0.2) is 23.3 Å². The van der Waals surface area contributed by atoms with E-state index < -0.39 is 5.97 Å². The topological polar surface area (TPSA) is 81.4 Å². The normalized spacial score (nSPS) is 10.3. The molecule has 0 amide bonds. The third kappa shape index (κ3) is 3.24. The summed E-state index contributed by atoms with van der Waals surface area (Å²) in [7, 11) is 0. The van der Waals surface area contributed by atoms with Crippen LogP contribution in [0.4, 0.5) is 5.13 Å². The smallest absolute Gasteiger partial charge is 0.358 e. The van der Waals surface area contributed by atoms with Crippen molar-refractivity contribution in [2.75, 3.05) is 11.9 Å². The van der Waals surface area contributed by atoms with E-state index >= 15 is 0 Å². The minimum atomic E-state index is -0.578. The second-order valence-electron chi connectivity index (χ2n) is 3.96. The molecule has 0 aliphatic heterocycles. The van der Waals surface area contributed by atoms with Crippen molar-refractivity contribution < 1.29 is 18.7 Å². The zero-order chi connectivity index (χ0) is 14.5. The Kier molecular flexibility index (Phi) is 4.52. The van der Waals surface area contributed by atoms with E-state index in [1.54, 1.807) is 19.5 Å². The number of nitrogens with one attached hydrogen (secondary N) is 1. The zero-order valence-corrected chi connectivity index (χ0v) is 12.0. The molecule has 2 rings (SSSR count). The van der Waals surface area contributed by atoms with Gasteiger partial charge in [0.05, 0.1) is 19.1 Å². The summed E-state index contributed by atoms with van der Waals surface area (Å²) in [5, 5.41) is 3.55. The first-order chi connectivity index (χ1) is 9.61. The SMILES string of the molecule is CCOC(=O)c1nc(NCc2ccoc2)sc1C(C)=O. The Morgan fingerprint density at radius 1 is 1.50 bits per heavy atom. The van der Waals surface area contributed by atoms with Crippen molar-refractivity contribution in [3.63, 3.8) is 0 Å². The summed E-state index contributed by atoms with van der Waals surface area (Å²) in [6.45, 7) is 3.85. The molecule has 20 heavy (non-hydrogen) atoms. The van der Waals surface area contributed by atoms with Crippen LogP contribution < -0.4 is 5.32 Å². The van der Waals surface area contributed by atoms with E-state index in [9.17, 15) is 9.59 Å². The Hall–Kier alpha value is -2.15. The molecule has 0 saturated heterocycles. The number of nitrogens with zero attached hydrogens (tertiary/aromatic N) is 1. The van der Waals surface area contributed by atoms with E-state index in [1.165, 1.54) is 6.92 Å². The highest BCUT2D eigenvalue weighted by atomic mass is 32.1. The molecule has 0 aromatic carbocycles. The molecule has 1 N–H and O–H groups in total. The molecule has 0 atom stereocenters. The van der Waals surface area contributed by atoms with Crippen molar-refractivity contribution in [2.24, 2.45) is 0 Å². The van der Waals surface area contributed by atoms with Gasteiger partial charge in [0.25, 0.3) is 0 Å². The molecule has 106 valence electrons. The van der Waals surface area contributed by atoms with E-state index in [0.717, 1.165) is 16.9 Å². The first-order valence-electron chi connectivity index (χ1n) is 6.05. The van der Waals surface area contributed by atoms with Gasteiger partial charge in [-0.2, -0.15) is 0 Å². The molecule has 0 aliphatic carbocycles. The summed E-state index contributed by atoms with van der Waals surface area (Å²) in [6.07, 6.45) is 3.18. The number of hydrogen-bond acceptors (Lipinski definition) is 7. The molecular weight excluding hydrogens is 280 g/mol. The van der Waals surface area contributed by atoms with E-state index in [2.05, 4.69) is 10.3 Å². The highest BCUT2D eigenvalue weighted by molar-refractivity contribution is 7.17. The fourth-order valence-electron chi connectivity index (χ4n) is 1.54. The number of carbonyl (C=O) groups excluding carboxylic acids is 2. The van der Waals surface area contributed by atoms with Crippen LogP contribution in [0.2, 0.25) is 0 Å². The maximum atomic E-state index is 11.7. The Morgan fingerprint density at radius 3 is 2.90 bits per heavy atom. The first-order valence-corrected chi connectivity index (χ1v) is 6.87. The van der Waals surface area contributed by atoms with Crippen molar-refractivity contribution >= 4 is 28.2 Å². The maximum absolute atomic E-state index is 11.7. The molecule has 0 saturated carbocycles. The van der Waals surface area contributed by atoms with Crippen LogP contribution in [0.5, 0.6) is 0 Å². The first kappa shape index (κ1) is 14.3. The maximum Gasteiger partial charge on any atom is 0.358 e. The lowest BCUT2D eigenvalue weighted by atomic mass is 10.3. The second-order valence-corrected chi connectivity index (χ2v) is 4.96. The highest BCUT2D eigenvalue weighted by Crippen LogP contribution is 2.24. The number of esters is 1. The Morgan fingerprint density at radius 2 is 2.30 bits per heavy atom. The lowest BCUT2D eigenvalue weighted by Gasteiger charge is -1.99. The van der Waals surface area contributed by atoms with Gasteiger partial charge in [0, 0.05) is 19.0 Å². The van der Waals surface area contributed by atoms with Crippen LogP contribution >= 0.6 is 11.3 Å². The molecule has 0 unspecified atom stereocenters. The van der Waals surface area contributed by atoms with Gasteiger partial charge in [0.15, 0.2) is 16.6 Å². The van der Waals surface area contributed by atoms with Gasteiger partial charge in [0.2, 0.25) is 0 Å². The van der Waals surface area contributed by atoms with E-state index in [1.807, 2.05) is 6.07 Å². The number of aromatic nitrogens is 1. The fourth-order valence-corrected chi connectivity index (χ4v) is 2.39. The molecular formula is C13H14N2O4S. The van der Waals surface area contributed by atoms with Crippen molar-refractivity contribution in [3.8, 4) is 0 Å². The summed E-state index contributed by atoms with van der Waals surface area (Å²) in [5.74, 6) is -0.785. The number of anilines is 1. The molecule has 2 aromatic heterocycles. The summed E-state index contributed by atoms with van der Waals surface area (Å²) in [6, 6.07) is 1.82. The fraction of sp³-hybridized carbons (Fsp3) is 0.308. The lowest BCUT2D eigenvalue weighted by molar-refractivity contribution is 0.0517. The van der Waals surface area contributed by atoms with Gasteiger partial charge in [-0.1, -0.05) is 11.3 Å². The standard InChI is InChI=1S/C13H14N2O4S/c1-3-19-12(17)10-11(8(2)16)20-13(15-10)14-6-9-4-5-18-7-9/h4-5,7H,3,6H2,1-2H3,(H,14,15). The Bertz CT molecular complexity index is 604. The molecule has 0 aliphatic rings. The van der Waals surface area contributed by atoms with Crippen LogP contribution in [0.15, 0.2) is 23.0 Å². The Balaban J connectivity index is 2.16. The molecule has 6 nitrogen and oxygen atoms in total. The summed E-state index contributed by atoms with van der Waals surface area (Å²) < 4.78 is 9.85. The van der Waals surface area contributed by atoms with Gasteiger partial charge < -0.3 is 14.5 Å². The van der Waals surface area contributed by atoms with E-state index in [0.29, 0.717) is 16.6 Å². The number of rotatable bonds is 6. The quantitative estimate of drug-likeness (QED) is 0.651. The highest BCUT2D eigenvalue weighted by Gasteiger charge is 2.22. The van der Waals surface area contributed by atoms with Crippen molar-refractivity contribution in [3.05, 3.63) is 34.7 Å². The Labute approximate surface area is 119 Å². The second kappa shape index (κ2) is 6.33. The number of ether oxygens (including phenoxy) is 1. The summed E-state index contributed by atoms with van der Waals surface area (Å²) in [5.41, 5.74) is 1.02. The minimum Gasteiger partial charge on any atom is -0.472 e. The molecule has 0 radical (unpaired) electrons. The van der Waals surface area contributed by atoms with Crippen LogP contribution in [0.3, 0.4) is 0 Å². The largest absolute Gasteiger partial charge is 0.472 e. The summed E-state index contributed by atoms with van der Waals surface area (Å²) >= 11 is 1.14. The lowest BCUT2D eigenvalue weighted by Crippen LogP contribution is -2.09. The number of thiazole rings is 1. The number of carbonyl (C=O) groups is 2. The number of ketones is 1. The van der Waals surface area contributed by atoms with Crippen LogP contribution in [-0.2, 0) is 11.3 Å².